The van der Waals surface area contributed by atoms with Crippen LogP contribution in [0.3, 0.4) is 0 Å². The van der Waals surface area contributed by atoms with Gasteiger partial charge < -0.3 is 9.15 Å². The van der Waals surface area contributed by atoms with Crippen LogP contribution in [0.2, 0.25) is 5.35 Å². The molecule has 1 aromatic carbocycles. The van der Waals surface area contributed by atoms with Crippen molar-refractivity contribution < 1.29 is 9.15 Å². The largest absolute Gasteiger partial charge is 0.495 e. The van der Waals surface area contributed by atoms with Crippen molar-refractivity contribution in [3.8, 4) is 5.75 Å². The Labute approximate surface area is 87.8 Å². The molecule has 0 fully saturated rings. The molecule has 2 rings (SSSR count). The summed E-state index contributed by atoms with van der Waals surface area (Å²) in [5.41, 5.74) is 1.31. The molecule has 13 heavy (non-hydrogen) atoms. The van der Waals surface area contributed by atoms with E-state index in [2.05, 4.69) is 20.9 Å². The molecule has 1 heterocycles. The minimum atomic E-state index is 0.129. The molecule has 0 bridgehead atoms. The van der Waals surface area contributed by atoms with Crippen LogP contribution in [-0.4, -0.2) is 12.1 Å². The Hall–Kier alpha value is -0.740. The third kappa shape index (κ3) is 1.40. The number of benzene rings is 1. The van der Waals surface area contributed by atoms with Gasteiger partial charge in [-0.1, -0.05) is 0 Å². The Kier molecular flexibility index (Phi) is 2.17. The molecule has 0 saturated heterocycles. The van der Waals surface area contributed by atoms with Gasteiger partial charge in [0.25, 0.3) is 5.35 Å². The van der Waals surface area contributed by atoms with E-state index in [0.717, 1.165) is 4.47 Å². The fourth-order valence-electron chi connectivity index (χ4n) is 1.07. The predicted octanol–water partition coefficient (Wildman–Crippen LogP) is 3.25. The molecule has 3 nitrogen and oxygen atoms in total. The minimum absolute atomic E-state index is 0.129. The van der Waals surface area contributed by atoms with Gasteiger partial charge in [-0.3, -0.25) is 0 Å². The third-order valence-electron chi connectivity index (χ3n) is 1.66. The molecule has 0 amide bonds. The second-order valence-corrected chi connectivity index (χ2v) is 3.51. The maximum Gasteiger partial charge on any atom is 0.293 e. The lowest BCUT2D eigenvalue weighted by molar-refractivity contribution is 0.412. The van der Waals surface area contributed by atoms with Crippen molar-refractivity contribution in [1.29, 1.82) is 0 Å². The van der Waals surface area contributed by atoms with Gasteiger partial charge in [0.15, 0.2) is 5.58 Å². The number of nitrogens with zero attached hydrogens (tertiary/aromatic N) is 1. The Morgan fingerprint density at radius 2 is 2.31 bits per heavy atom. The van der Waals surface area contributed by atoms with Crippen LogP contribution < -0.4 is 4.74 Å². The van der Waals surface area contributed by atoms with Crippen LogP contribution in [0.1, 0.15) is 0 Å². The number of fused-ring (bicyclic) bond motifs is 1. The maximum absolute atomic E-state index is 5.61. The highest BCUT2D eigenvalue weighted by Gasteiger charge is 2.11. The number of rotatable bonds is 1. The number of methoxy groups -OCH3 is 1. The highest BCUT2D eigenvalue weighted by Crippen LogP contribution is 2.34. The monoisotopic (exact) mass is 261 g/mol. The summed E-state index contributed by atoms with van der Waals surface area (Å²) in [5, 5.41) is 0.129. The van der Waals surface area contributed by atoms with E-state index in [1.54, 1.807) is 19.2 Å². The lowest BCUT2D eigenvalue weighted by Crippen LogP contribution is -1.83. The van der Waals surface area contributed by atoms with Gasteiger partial charge in [0.1, 0.15) is 15.7 Å². The van der Waals surface area contributed by atoms with Gasteiger partial charge >= 0.3 is 0 Å². The summed E-state index contributed by atoms with van der Waals surface area (Å²) in [6.07, 6.45) is 0. The summed E-state index contributed by atoms with van der Waals surface area (Å²) in [5.74, 6) is 0.695. The smallest absolute Gasteiger partial charge is 0.293 e. The molecule has 0 aliphatic rings. The quantitative estimate of drug-likeness (QED) is 0.791. The Bertz CT molecular complexity index is 455. The first-order valence-corrected chi connectivity index (χ1v) is 4.68. The van der Waals surface area contributed by atoms with Crippen LogP contribution in [0.25, 0.3) is 11.1 Å². The summed E-state index contributed by atoms with van der Waals surface area (Å²) in [4.78, 5) is 3.96. The normalized spacial score (nSPS) is 10.7. The first-order valence-electron chi connectivity index (χ1n) is 3.51. The minimum Gasteiger partial charge on any atom is -0.495 e. The summed E-state index contributed by atoms with van der Waals surface area (Å²) < 4.78 is 11.0. The highest BCUT2D eigenvalue weighted by molar-refractivity contribution is 9.10. The van der Waals surface area contributed by atoms with Crippen LogP contribution >= 0.6 is 27.5 Å². The van der Waals surface area contributed by atoms with Crippen molar-refractivity contribution in [3.05, 3.63) is 22.0 Å². The average Bonchev–Trinajstić information content (AvgIpc) is 2.47. The van der Waals surface area contributed by atoms with E-state index in [9.17, 15) is 0 Å². The lowest BCUT2D eigenvalue weighted by Gasteiger charge is -2.00. The van der Waals surface area contributed by atoms with Crippen LogP contribution in [0.15, 0.2) is 21.0 Å². The topological polar surface area (TPSA) is 35.3 Å². The Morgan fingerprint density at radius 3 is 3.00 bits per heavy atom. The number of halogens is 2. The molecule has 1 aromatic heterocycles. The van der Waals surface area contributed by atoms with Crippen LogP contribution in [0, 0.1) is 0 Å². The van der Waals surface area contributed by atoms with Gasteiger partial charge in [0.2, 0.25) is 0 Å². The van der Waals surface area contributed by atoms with Crippen LogP contribution in [0.5, 0.6) is 5.75 Å². The molecule has 0 radical (unpaired) electrons. The first-order chi connectivity index (χ1) is 6.22. The lowest BCUT2D eigenvalue weighted by atomic mass is 10.3. The average molecular weight is 262 g/mol. The Morgan fingerprint density at radius 1 is 1.54 bits per heavy atom. The van der Waals surface area contributed by atoms with Crippen molar-refractivity contribution in [1.82, 2.24) is 4.98 Å². The van der Waals surface area contributed by atoms with Crippen molar-refractivity contribution in [3.63, 3.8) is 0 Å². The maximum atomic E-state index is 5.61. The van der Waals surface area contributed by atoms with E-state index in [0.29, 0.717) is 16.8 Å². The molecule has 2 aromatic rings. The number of oxazole rings is 1. The second-order valence-electron chi connectivity index (χ2n) is 2.40. The molecule has 68 valence electrons. The van der Waals surface area contributed by atoms with E-state index in [1.807, 2.05) is 0 Å². The van der Waals surface area contributed by atoms with Gasteiger partial charge in [-0.25, -0.2) is 0 Å². The fraction of sp³-hybridized carbons (Fsp3) is 0.125. The Balaban J connectivity index is 2.78. The van der Waals surface area contributed by atoms with E-state index in [4.69, 9.17) is 20.8 Å². The fourth-order valence-corrected chi connectivity index (χ4v) is 1.82. The molecule has 0 saturated carbocycles. The van der Waals surface area contributed by atoms with Gasteiger partial charge in [-0.2, -0.15) is 4.98 Å². The van der Waals surface area contributed by atoms with Crippen molar-refractivity contribution >= 4 is 38.6 Å². The summed E-state index contributed by atoms with van der Waals surface area (Å²) >= 11 is 8.95. The number of ether oxygens (including phenoxy) is 1. The number of hydrogen-bond donors (Lipinski definition) is 0. The summed E-state index contributed by atoms with van der Waals surface area (Å²) in [6, 6.07) is 3.58. The van der Waals surface area contributed by atoms with E-state index in [-0.39, 0.29) is 5.35 Å². The second kappa shape index (κ2) is 3.20. The van der Waals surface area contributed by atoms with Gasteiger partial charge in [-0.15, -0.1) is 0 Å². The highest BCUT2D eigenvalue weighted by atomic mass is 79.9. The molecular weight excluding hydrogens is 257 g/mol. The predicted molar refractivity (Wildman–Crippen MR) is 53.3 cm³/mol. The van der Waals surface area contributed by atoms with Crippen molar-refractivity contribution in [2.45, 2.75) is 0 Å². The number of aromatic nitrogens is 1. The standard InChI is InChI=1S/C8H5BrClNO2/c1-12-5-3-2-4-7(6(5)9)13-8(10)11-4/h2-3H,1H3. The zero-order valence-electron chi connectivity index (χ0n) is 6.67. The SMILES string of the molecule is COc1ccc2nc(Cl)oc2c1Br. The molecule has 0 aliphatic heterocycles. The first kappa shape index (κ1) is 8.84. The third-order valence-corrected chi connectivity index (χ3v) is 2.57. The van der Waals surface area contributed by atoms with E-state index in [1.165, 1.54) is 0 Å². The van der Waals surface area contributed by atoms with Gasteiger partial charge in [0, 0.05) is 0 Å². The zero-order chi connectivity index (χ0) is 9.42. The van der Waals surface area contributed by atoms with E-state index >= 15 is 0 Å². The van der Waals surface area contributed by atoms with Crippen LogP contribution in [-0.2, 0) is 0 Å². The molecule has 0 atom stereocenters. The molecule has 0 unspecified atom stereocenters. The molecule has 5 heteroatoms. The van der Waals surface area contributed by atoms with Crippen molar-refractivity contribution in [2.24, 2.45) is 0 Å². The summed E-state index contributed by atoms with van der Waals surface area (Å²) in [7, 11) is 1.59. The van der Waals surface area contributed by atoms with E-state index < -0.39 is 0 Å². The zero-order valence-corrected chi connectivity index (χ0v) is 9.02. The molecular formula is C8H5BrClNO2. The molecule has 0 aliphatic carbocycles. The van der Waals surface area contributed by atoms with Crippen LogP contribution in [0.4, 0.5) is 0 Å². The van der Waals surface area contributed by atoms with Gasteiger partial charge in [-0.05, 0) is 39.7 Å². The summed E-state index contributed by atoms with van der Waals surface area (Å²) in [6.45, 7) is 0. The molecule has 0 spiro atoms. The number of hydrogen-bond acceptors (Lipinski definition) is 3. The van der Waals surface area contributed by atoms with Gasteiger partial charge in [0.05, 0.1) is 7.11 Å². The van der Waals surface area contributed by atoms with Crippen molar-refractivity contribution in [2.75, 3.05) is 7.11 Å². The molecule has 0 N–H and O–H groups in total.